The number of nitrogens with one attached hydrogen (secondary N) is 1. The average Bonchev–Trinajstić information content (AvgIpc) is 2.47. The van der Waals surface area contributed by atoms with E-state index in [2.05, 4.69) is 10.3 Å². The maximum absolute atomic E-state index is 14.6. The number of hydrogen-bond acceptors (Lipinski definition) is 5. The lowest BCUT2D eigenvalue weighted by Crippen LogP contribution is -2.32. The Morgan fingerprint density at radius 3 is 2.38 bits per heavy atom. The van der Waals surface area contributed by atoms with Crippen LogP contribution in [0.4, 0.5) is 10.2 Å². The van der Waals surface area contributed by atoms with Crippen LogP contribution in [0.15, 0.2) is 12.3 Å². The summed E-state index contributed by atoms with van der Waals surface area (Å²) in [5, 5.41) is 3.22. The van der Waals surface area contributed by atoms with Gasteiger partial charge in [0.15, 0.2) is 11.6 Å². The number of methoxy groups -OCH3 is 2. The van der Waals surface area contributed by atoms with Gasteiger partial charge in [-0.2, -0.15) is 0 Å². The highest BCUT2D eigenvalue weighted by Crippen LogP contribution is 2.19. The third-order valence-electron chi connectivity index (χ3n) is 3.08. The van der Waals surface area contributed by atoms with E-state index < -0.39 is 0 Å². The number of anilines is 1. The van der Waals surface area contributed by atoms with Gasteiger partial charge in [0.25, 0.3) is 0 Å². The highest BCUT2D eigenvalue weighted by Gasteiger charge is 2.16. The van der Waals surface area contributed by atoms with E-state index in [1.807, 2.05) is 18.7 Å². The summed E-state index contributed by atoms with van der Waals surface area (Å²) in [5.41, 5.74) is 0.619. The van der Waals surface area contributed by atoms with Gasteiger partial charge in [-0.15, -0.1) is 0 Å². The fourth-order valence-electron chi connectivity index (χ4n) is 1.87. The van der Waals surface area contributed by atoms with Gasteiger partial charge < -0.3 is 19.7 Å². The second-order valence-electron chi connectivity index (χ2n) is 5.12. The number of nitrogens with zero attached hydrogens (tertiary/aromatic N) is 2. The number of hydrogen-bond donors (Lipinski definition) is 1. The molecule has 1 aromatic rings. The molecular weight excluding hydrogens is 273 g/mol. The number of pyridine rings is 1. The zero-order chi connectivity index (χ0) is 15.7. The Morgan fingerprint density at radius 2 is 1.86 bits per heavy atom. The van der Waals surface area contributed by atoms with Crippen LogP contribution >= 0.6 is 0 Å². The molecule has 0 aromatic carbocycles. The first-order chi connectivity index (χ1) is 10.1. The summed E-state index contributed by atoms with van der Waals surface area (Å²) in [7, 11) is 3.25. The third kappa shape index (κ3) is 5.95. The van der Waals surface area contributed by atoms with Crippen LogP contribution in [0.2, 0.25) is 0 Å². The smallest absolute Gasteiger partial charge is 0.170 e. The van der Waals surface area contributed by atoms with Crippen molar-refractivity contribution >= 4 is 5.82 Å². The lowest BCUT2D eigenvalue weighted by atomic mass is 10.2. The van der Waals surface area contributed by atoms with Gasteiger partial charge in [0, 0.05) is 51.7 Å². The normalized spacial score (nSPS) is 11.1. The van der Waals surface area contributed by atoms with Gasteiger partial charge >= 0.3 is 0 Å². The van der Waals surface area contributed by atoms with E-state index in [-0.39, 0.29) is 5.82 Å². The standard InChI is InChI=1S/C15H26FN3O2/c1-12(2)18-11-13-5-6-17-15(14(13)16)19(7-9-20-3)8-10-21-4/h5-6,12,18H,7-11H2,1-4H3. The van der Waals surface area contributed by atoms with Crippen molar-refractivity contribution in [2.45, 2.75) is 26.4 Å². The van der Waals surface area contributed by atoms with Crippen molar-refractivity contribution < 1.29 is 13.9 Å². The molecule has 1 heterocycles. The van der Waals surface area contributed by atoms with Crippen LogP contribution in [0.3, 0.4) is 0 Å². The van der Waals surface area contributed by atoms with Crippen molar-refractivity contribution in [3.8, 4) is 0 Å². The molecule has 6 heteroatoms. The zero-order valence-corrected chi connectivity index (χ0v) is 13.4. The molecule has 0 aliphatic carbocycles. The maximum Gasteiger partial charge on any atom is 0.170 e. The van der Waals surface area contributed by atoms with Gasteiger partial charge in [-0.05, 0) is 6.07 Å². The molecule has 5 nitrogen and oxygen atoms in total. The lowest BCUT2D eigenvalue weighted by Gasteiger charge is -2.24. The van der Waals surface area contributed by atoms with Gasteiger partial charge in [-0.25, -0.2) is 9.37 Å². The Bertz CT molecular complexity index is 408. The molecule has 0 saturated carbocycles. The second-order valence-corrected chi connectivity index (χ2v) is 5.12. The van der Waals surface area contributed by atoms with E-state index in [0.29, 0.717) is 50.3 Å². The summed E-state index contributed by atoms with van der Waals surface area (Å²) >= 11 is 0. The molecular formula is C15H26FN3O2. The molecule has 1 aromatic heterocycles. The molecule has 21 heavy (non-hydrogen) atoms. The van der Waals surface area contributed by atoms with Crippen molar-refractivity contribution in [2.24, 2.45) is 0 Å². The number of halogens is 1. The minimum absolute atomic E-state index is 0.280. The Balaban J connectivity index is 2.87. The number of rotatable bonds is 10. The summed E-state index contributed by atoms with van der Waals surface area (Å²) < 4.78 is 24.8. The van der Waals surface area contributed by atoms with E-state index in [4.69, 9.17) is 9.47 Å². The highest BCUT2D eigenvalue weighted by atomic mass is 19.1. The molecule has 0 aliphatic rings. The van der Waals surface area contributed by atoms with Crippen LogP contribution < -0.4 is 10.2 Å². The molecule has 0 fully saturated rings. The summed E-state index contributed by atoms with van der Waals surface area (Å²) in [4.78, 5) is 6.03. The SMILES string of the molecule is COCCN(CCOC)c1nccc(CNC(C)C)c1F. The van der Waals surface area contributed by atoms with E-state index in [0.717, 1.165) is 0 Å². The summed E-state index contributed by atoms with van der Waals surface area (Å²) in [5.74, 6) is 0.0741. The molecule has 0 bridgehead atoms. The van der Waals surface area contributed by atoms with E-state index in [1.165, 1.54) is 0 Å². The first kappa shape index (κ1) is 17.8. The van der Waals surface area contributed by atoms with Gasteiger partial charge in [-0.1, -0.05) is 13.8 Å². The number of ether oxygens (including phenoxy) is 2. The molecule has 0 amide bonds. The number of aromatic nitrogens is 1. The third-order valence-corrected chi connectivity index (χ3v) is 3.08. The van der Waals surface area contributed by atoms with Gasteiger partial charge in [-0.3, -0.25) is 0 Å². The van der Waals surface area contributed by atoms with Gasteiger partial charge in [0.1, 0.15) is 0 Å². The largest absolute Gasteiger partial charge is 0.383 e. The molecule has 0 aliphatic heterocycles. The Hall–Kier alpha value is -1.24. The predicted octanol–water partition coefficient (Wildman–Crippen LogP) is 1.82. The Labute approximate surface area is 126 Å². The van der Waals surface area contributed by atoms with Crippen molar-refractivity contribution in [1.82, 2.24) is 10.3 Å². The summed E-state index contributed by atoms with van der Waals surface area (Å²) in [6.45, 7) is 6.72. The van der Waals surface area contributed by atoms with E-state index in [9.17, 15) is 4.39 Å². The zero-order valence-electron chi connectivity index (χ0n) is 13.4. The molecule has 1 N–H and O–H groups in total. The van der Waals surface area contributed by atoms with Crippen LogP contribution in [0.5, 0.6) is 0 Å². The Morgan fingerprint density at radius 1 is 1.24 bits per heavy atom. The fraction of sp³-hybridized carbons (Fsp3) is 0.667. The van der Waals surface area contributed by atoms with Crippen LogP contribution in [0.25, 0.3) is 0 Å². The highest BCUT2D eigenvalue weighted by molar-refractivity contribution is 5.43. The van der Waals surface area contributed by atoms with E-state index in [1.54, 1.807) is 26.5 Å². The molecule has 1 rings (SSSR count). The lowest BCUT2D eigenvalue weighted by molar-refractivity contribution is 0.189. The Kier molecular flexibility index (Phi) is 8.19. The first-order valence-electron chi connectivity index (χ1n) is 7.19. The first-order valence-corrected chi connectivity index (χ1v) is 7.19. The van der Waals surface area contributed by atoms with Gasteiger partial charge in [0.2, 0.25) is 0 Å². The van der Waals surface area contributed by atoms with Crippen LogP contribution in [0, 0.1) is 5.82 Å². The fourth-order valence-corrected chi connectivity index (χ4v) is 1.87. The molecule has 0 radical (unpaired) electrons. The van der Waals surface area contributed by atoms with Crippen LogP contribution in [0.1, 0.15) is 19.4 Å². The van der Waals surface area contributed by atoms with Crippen molar-refractivity contribution in [1.29, 1.82) is 0 Å². The molecule has 0 unspecified atom stereocenters. The van der Waals surface area contributed by atoms with Gasteiger partial charge in [0.05, 0.1) is 13.2 Å². The topological polar surface area (TPSA) is 46.6 Å². The van der Waals surface area contributed by atoms with E-state index >= 15 is 0 Å². The minimum atomic E-state index is -0.280. The molecule has 0 saturated heterocycles. The van der Waals surface area contributed by atoms with Crippen molar-refractivity contribution in [3.63, 3.8) is 0 Å². The molecule has 0 spiro atoms. The van der Waals surface area contributed by atoms with Crippen LogP contribution in [-0.2, 0) is 16.0 Å². The second kappa shape index (κ2) is 9.65. The average molecular weight is 299 g/mol. The summed E-state index contributed by atoms with van der Waals surface area (Å²) in [6.07, 6.45) is 1.64. The quantitative estimate of drug-likeness (QED) is 0.714. The predicted molar refractivity (Wildman–Crippen MR) is 82.1 cm³/mol. The van der Waals surface area contributed by atoms with Crippen molar-refractivity contribution in [3.05, 3.63) is 23.6 Å². The maximum atomic E-state index is 14.6. The van der Waals surface area contributed by atoms with Crippen LogP contribution in [-0.4, -0.2) is 51.5 Å². The molecule has 120 valence electrons. The minimum Gasteiger partial charge on any atom is -0.383 e. The molecule has 0 atom stereocenters. The monoisotopic (exact) mass is 299 g/mol. The summed E-state index contributed by atoms with van der Waals surface area (Å²) in [6, 6.07) is 2.01. The van der Waals surface area contributed by atoms with Crippen molar-refractivity contribution in [2.75, 3.05) is 45.4 Å².